The Morgan fingerprint density at radius 1 is 1.10 bits per heavy atom. The molecule has 0 saturated carbocycles. The second-order valence-corrected chi connectivity index (χ2v) is 10.5. The molecule has 0 spiro atoms. The van der Waals surface area contributed by atoms with Crippen LogP contribution in [-0.2, 0) is 41.7 Å². The van der Waals surface area contributed by atoms with Crippen LogP contribution in [0.15, 0.2) is 41.9 Å². The van der Waals surface area contributed by atoms with E-state index >= 15 is 0 Å². The zero-order chi connectivity index (χ0) is 30.6. The van der Waals surface area contributed by atoms with Crippen LogP contribution in [0.25, 0.3) is 0 Å². The number of amides is 2. The van der Waals surface area contributed by atoms with Gasteiger partial charge in [0, 0.05) is 29.7 Å². The summed E-state index contributed by atoms with van der Waals surface area (Å²) in [4.78, 5) is 63.1. The quantitative estimate of drug-likeness (QED) is 0.163. The van der Waals surface area contributed by atoms with Gasteiger partial charge in [-0.3, -0.25) is 19.7 Å². The minimum atomic E-state index is -0.914. The van der Waals surface area contributed by atoms with Gasteiger partial charge in [-0.15, -0.1) is 5.10 Å². The molecule has 16 nitrogen and oxygen atoms in total. The van der Waals surface area contributed by atoms with Gasteiger partial charge in [-0.1, -0.05) is 20.8 Å². The summed E-state index contributed by atoms with van der Waals surface area (Å²) in [6.07, 6.45) is 0.374. The van der Waals surface area contributed by atoms with E-state index in [2.05, 4.69) is 20.8 Å². The number of nitro groups is 1. The molecule has 2 aliphatic rings. The fourth-order valence-electron chi connectivity index (χ4n) is 4.97. The number of fused-ring (bicyclic) bond motifs is 1. The van der Waals surface area contributed by atoms with E-state index in [1.54, 1.807) is 13.8 Å². The Kier molecular flexibility index (Phi) is 9.12. The summed E-state index contributed by atoms with van der Waals surface area (Å²) in [5.74, 6) is -2.63. The average Bonchev–Trinajstić information content (AvgIpc) is 3.53. The van der Waals surface area contributed by atoms with Crippen molar-refractivity contribution in [3.63, 3.8) is 0 Å². The summed E-state index contributed by atoms with van der Waals surface area (Å²) in [7, 11) is 0. The van der Waals surface area contributed by atoms with Crippen molar-refractivity contribution in [3.05, 3.63) is 57.5 Å². The van der Waals surface area contributed by atoms with Crippen molar-refractivity contribution in [1.82, 2.24) is 30.4 Å². The number of aromatic nitrogens is 4. The van der Waals surface area contributed by atoms with Gasteiger partial charge < -0.3 is 24.4 Å². The van der Waals surface area contributed by atoms with E-state index in [1.165, 1.54) is 40.2 Å². The van der Waals surface area contributed by atoms with Crippen LogP contribution in [0, 0.1) is 27.9 Å². The molecule has 16 heteroatoms. The number of nitro benzene ring substituents is 1. The molecule has 1 aromatic carbocycles. The van der Waals surface area contributed by atoms with Gasteiger partial charge in [0.25, 0.3) is 5.69 Å². The number of β-lactam (4-membered cyclic amide) rings is 1. The highest BCUT2D eigenvalue weighted by Gasteiger charge is 2.60. The molecule has 1 saturated heterocycles. The van der Waals surface area contributed by atoms with Crippen LogP contribution in [-0.4, -0.2) is 79.3 Å². The van der Waals surface area contributed by atoms with Gasteiger partial charge in [0.15, 0.2) is 0 Å². The van der Waals surface area contributed by atoms with Crippen LogP contribution in [0.3, 0.4) is 0 Å². The first-order chi connectivity index (χ1) is 20.0. The number of non-ortho nitro benzene ring substituents is 1. The van der Waals surface area contributed by atoms with Gasteiger partial charge in [0.1, 0.15) is 31.8 Å². The maximum Gasteiger partial charge on any atom is 0.508 e. The first-order valence-corrected chi connectivity index (χ1v) is 13.2. The minimum absolute atomic E-state index is 0.0421. The van der Waals surface area contributed by atoms with Crippen LogP contribution in [0.4, 0.5) is 10.5 Å². The largest absolute Gasteiger partial charge is 0.508 e. The number of rotatable bonds is 12. The summed E-state index contributed by atoms with van der Waals surface area (Å²) < 4.78 is 17.1. The number of carbonyl (C=O) groups excluding carboxylic acids is 4. The van der Waals surface area contributed by atoms with Crippen molar-refractivity contribution in [1.29, 1.82) is 0 Å². The van der Waals surface area contributed by atoms with Crippen molar-refractivity contribution in [2.75, 3.05) is 13.2 Å². The Hall–Kier alpha value is -4.89. The first-order valence-electron chi connectivity index (χ1n) is 13.2. The zero-order valence-electron chi connectivity index (χ0n) is 23.5. The molecular weight excluding hydrogens is 554 g/mol. The number of hydrogen-bond acceptors (Lipinski definition) is 12. The molecule has 0 aliphatic carbocycles. The van der Waals surface area contributed by atoms with Crippen LogP contribution in [0.2, 0.25) is 0 Å². The van der Waals surface area contributed by atoms with Crippen LogP contribution in [0.1, 0.15) is 33.3 Å². The third kappa shape index (κ3) is 6.53. The molecule has 3 heterocycles. The van der Waals surface area contributed by atoms with Crippen LogP contribution in [0.5, 0.6) is 0 Å². The van der Waals surface area contributed by atoms with E-state index in [9.17, 15) is 29.3 Å². The van der Waals surface area contributed by atoms with Crippen LogP contribution >= 0.6 is 0 Å². The van der Waals surface area contributed by atoms with Gasteiger partial charge in [-0.2, -0.15) is 0 Å². The maximum atomic E-state index is 13.4. The summed E-state index contributed by atoms with van der Waals surface area (Å²) in [5, 5.41) is 24.3. The van der Waals surface area contributed by atoms with Crippen molar-refractivity contribution in [2.45, 2.75) is 52.9 Å². The normalized spacial score (nSPS) is 20.1. The second kappa shape index (κ2) is 12.7. The number of nitrogens with zero attached hydrogens (tertiary/aromatic N) is 6. The monoisotopic (exact) mass is 585 g/mol. The molecular formula is C26H31N7O9. The highest BCUT2D eigenvalue weighted by atomic mass is 16.7. The lowest BCUT2D eigenvalue weighted by molar-refractivity contribution is -0.384. The van der Waals surface area contributed by atoms with E-state index in [0.29, 0.717) is 11.1 Å². The molecule has 1 fully saturated rings. The Bertz CT molecular complexity index is 1370. The highest BCUT2D eigenvalue weighted by molar-refractivity contribution is 6.01. The minimum Gasteiger partial charge on any atom is -0.456 e. The number of hydrogen-bond donors (Lipinski definition) is 1. The fraction of sp³-hybridized carbons (Fsp3) is 0.500. The van der Waals surface area contributed by atoms with E-state index in [0.717, 1.165) is 0 Å². The number of nitrogens with one attached hydrogen (secondary N) is 1. The molecule has 4 atom stereocenters. The molecule has 4 rings (SSSR count). The molecule has 1 aromatic heterocycles. The number of esters is 1. The predicted octanol–water partition coefficient (Wildman–Crippen LogP) is 1.37. The lowest BCUT2D eigenvalue weighted by atomic mass is 9.76. The lowest BCUT2D eigenvalue weighted by Crippen LogP contribution is -2.66. The topological polar surface area (TPSA) is 198 Å². The summed E-state index contributed by atoms with van der Waals surface area (Å²) in [5.41, 5.74) is 0.720. The Morgan fingerprint density at radius 2 is 1.81 bits per heavy atom. The summed E-state index contributed by atoms with van der Waals surface area (Å²) in [6.45, 7) is 6.70. The molecule has 0 bridgehead atoms. The smallest absolute Gasteiger partial charge is 0.456 e. The van der Waals surface area contributed by atoms with Crippen molar-refractivity contribution < 1.29 is 38.3 Å². The SMILES string of the molecule is CC(C)COC(=O)OCC1=C(C(=O)OCc2ccc([N+](=O)[O-])cc2)N2C(=O)C([C@@H](C)NC(=O)Cn3cnnn3)C2C1C. The fourth-order valence-corrected chi connectivity index (χ4v) is 4.97. The lowest BCUT2D eigenvalue weighted by Gasteiger charge is -2.48. The van der Waals surface area contributed by atoms with Crippen LogP contribution < -0.4 is 5.32 Å². The molecule has 224 valence electrons. The molecule has 3 unspecified atom stereocenters. The molecule has 2 amide bonds. The molecule has 42 heavy (non-hydrogen) atoms. The zero-order valence-corrected chi connectivity index (χ0v) is 23.5. The predicted molar refractivity (Wildman–Crippen MR) is 141 cm³/mol. The Balaban J connectivity index is 1.49. The van der Waals surface area contributed by atoms with Gasteiger partial charge in [0.05, 0.1) is 23.5 Å². The van der Waals surface area contributed by atoms with Gasteiger partial charge in [0.2, 0.25) is 11.8 Å². The maximum absolute atomic E-state index is 13.4. The molecule has 2 aromatic rings. The van der Waals surface area contributed by atoms with E-state index in [-0.39, 0.29) is 43.7 Å². The Labute approximate surface area is 240 Å². The van der Waals surface area contributed by atoms with Gasteiger partial charge in [-0.05, 0) is 41.0 Å². The number of carbonyl (C=O) groups is 4. The molecule has 2 aliphatic heterocycles. The van der Waals surface area contributed by atoms with Crippen molar-refractivity contribution >= 4 is 29.6 Å². The third-order valence-corrected chi connectivity index (χ3v) is 7.01. The number of benzene rings is 1. The molecule has 0 radical (unpaired) electrons. The molecule has 1 N–H and O–H groups in total. The van der Waals surface area contributed by atoms with Crippen molar-refractivity contribution in [2.24, 2.45) is 17.8 Å². The van der Waals surface area contributed by atoms with E-state index in [1.807, 2.05) is 13.8 Å². The average molecular weight is 586 g/mol. The summed E-state index contributed by atoms with van der Waals surface area (Å²) >= 11 is 0. The second-order valence-electron chi connectivity index (χ2n) is 10.5. The standard InChI is InChI=1S/C26H31N7O9/c1-14(2)10-41-26(37)42-12-19-15(3)22-21(16(4)28-20(34)9-31-13-27-29-30-31)24(35)32(22)23(19)25(36)40-11-17-5-7-18(8-6-17)33(38)39/h5-8,13-16,21-22H,9-12H2,1-4H3,(H,28,34)/t15?,16-,21?,22?/m1/s1. The first kappa shape index (κ1) is 30.1. The summed E-state index contributed by atoms with van der Waals surface area (Å²) in [6, 6.07) is 4.39. The highest BCUT2D eigenvalue weighted by Crippen LogP contribution is 2.47. The van der Waals surface area contributed by atoms with E-state index in [4.69, 9.17) is 14.2 Å². The number of tetrazole rings is 1. The van der Waals surface area contributed by atoms with Crippen molar-refractivity contribution in [3.8, 4) is 0 Å². The van der Waals surface area contributed by atoms with Gasteiger partial charge >= 0.3 is 12.1 Å². The Morgan fingerprint density at radius 3 is 2.43 bits per heavy atom. The number of ether oxygens (including phenoxy) is 3. The van der Waals surface area contributed by atoms with E-state index < -0.39 is 52.8 Å². The van der Waals surface area contributed by atoms with Gasteiger partial charge in [-0.25, -0.2) is 14.3 Å². The third-order valence-electron chi connectivity index (χ3n) is 7.01.